The molecule has 0 spiro atoms. The third kappa shape index (κ3) is 2.90. The molecule has 0 aromatic heterocycles. The molecule has 0 fully saturated rings. The number of aryl methyl sites for hydroxylation is 2. The van der Waals surface area contributed by atoms with Crippen molar-refractivity contribution in [2.75, 3.05) is 0 Å². The van der Waals surface area contributed by atoms with Gasteiger partial charge in [-0.15, -0.1) is 0 Å². The van der Waals surface area contributed by atoms with E-state index in [9.17, 15) is 10.2 Å². The lowest BCUT2D eigenvalue weighted by Crippen LogP contribution is -1.97. The van der Waals surface area contributed by atoms with Gasteiger partial charge in [-0.2, -0.15) is 0 Å². The van der Waals surface area contributed by atoms with Gasteiger partial charge in [0.2, 0.25) is 0 Å². The van der Waals surface area contributed by atoms with Gasteiger partial charge in [0.05, 0.1) is 6.10 Å². The molecule has 1 atom stereocenters. The number of hydrogen-bond acceptors (Lipinski definition) is 2. The molecule has 2 aromatic carbocycles. The van der Waals surface area contributed by atoms with Gasteiger partial charge in [-0.1, -0.05) is 48.5 Å². The largest absolute Gasteiger partial charge is 0.507 e. The molecule has 0 heterocycles. The number of para-hydroxylation sites is 1. The Labute approximate surface area is 108 Å². The highest BCUT2D eigenvalue weighted by Crippen LogP contribution is 2.28. The molecule has 2 nitrogen and oxygen atoms in total. The summed E-state index contributed by atoms with van der Waals surface area (Å²) in [7, 11) is 0. The number of aliphatic hydroxyl groups excluding tert-OH is 1. The molecular weight excluding hydrogens is 224 g/mol. The molecule has 0 bridgehead atoms. The first-order valence-electron chi connectivity index (χ1n) is 6.21. The summed E-state index contributed by atoms with van der Waals surface area (Å²) in [4.78, 5) is 0. The van der Waals surface area contributed by atoms with Gasteiger partial charge >= 0.3 is 0 Å². The normalized spacial score (nSPS) is 12.3. The van der Waals surface area contributed by atoms with Crippen molar-refractivity contribution >= 4 is 0 Å². The van der Waals surface area contributed by atoms with E-state index in [-0.39, 0.29) is 5.75 Å². The summed E-state index contributed by atoms with van der Waals surface area (Å²) in [5.74, 6) is 0.225. The number of phenolic OH excluding ortho intramolecular Hbond substituents is 1. The Hall–Kier alpha value is -1.80. The Bertz CT molecular complexity index is 504. The minimum absolute atomic E-state index is 0.225. The van der Waals surface area contributed by atoms with E-state index < -0.39 is 6.10 Å². The Kier molecular flexibility index (Phi) is 4.00. The molecule has 0 aliphatic rings. The number of phenols is 1. The molecule has 0 aliphatic carbocycles. The van der Waals surface area contributed by atoms with E-state index in [0.717, 1.165) is 18.4 Å². The number of rotatable bonds is 4. The fourth-order valence-electron chi connectivity index (χ4n) is 2.07. The predicted octanol–water partition coefficient (Wildman–Crippen LogP) is 3.23. The molecule has 1 unspecified atom stereocenters. The van der Waals surface area contributed by atoms with Crippen LogP contribution in [0.1, 0.15) is 29.7 Å². The lowest BCUT2D eigenvalue weighted by atomic mass is 9.99. The molecule has 0 saturated heterocycles. The predicted molar refractivity (Wildman–Crippen MR) is 72.6 cm³/mol. The van der Waals surface area contributed by atoms with Crippen LogP contribution < -0.4 is 0 Å². The lowest BCUT2D eigenvalue weighted by Gasteiger charge is -2.11. The Morgan fingerprint density at radius 2 is 1.67 bits per heavy atom. The molecule has 2 heteroatoms. The second-order valence-electron chi connectivity index (χ2n) is 4.52. The smallest absolute Gasteiger partial charge is 0.124 e. The monoisotopic (exact) mass is 242 g/mol. The van der Waals surface area contributed by atoms with Crippen molar-refractivity contribution in [2.45, 2.75) is 25.9 Å². The van der Waals surface area contributed by atoms with Gasteiger partial charge in [0.15, 0.2) is 0 Å². The van der Waals surface area contributed by atoms with Crippen molar-refractivity contribution in [1.29, 1.82) is 0 Å². The Balaban J connectivity index is 2.13. The maximum absolute atomic E-state index is 10.1. The van der Waals surface area contributed by atoms with Crippen LogP contribution >= 0.6 is 0 Å². The second kappa shape index (κ2) is 5.69. The van der Waals surface area contributed by atoms with Crippen molar-refractivity contribution in [3.05, 3.63) is 65.2 Å². The van der Waals surface area contributed by atoms with Gasteiger partial charge in [-0.25, -0.2) is 0 Å². The summed E-state index contributed by atoms with van der Waals surface area (Å²) < 4.78 is 0. The minimum Gasteiger partial charge on any atom is -0.507 e. The average molecular weight is 242 g/mol. The van der Waals surface area contributed by atoms with Crippen LogP contribution in [0.25, 0.3) is 0 Å². The first-order chi connectivity index (χ1) is 8.68. The zero-order chi connectivity index (χ0) is 13.0. The molecule has 2 rings (SSSR count). The molecule has 2 N–H and O–H groups in total. The quantitative estimate of drug-likeness (QED) is 0.864. The van der Waals surface area contributed by atoms with E-state index in [0.29, 0.717) is 5.56 Å². The maximum Gasteiger partial charge on any atom is 0.124 e. The molecule has 94 valence electrons. The first-order valence-corrected chi connectivity index (χ1v) is 6.21. The Morgan fingerprint density at radius 3 is 2.33 bits per heavy atom. The van der Waals surface area contributed by atoms with Crippen molar-refractivity contribution in [3.8, 4) is 5.75 Å². The van der Waals surface area contributed by atoms with E-state index >= 15 is 0 Å². The maximum atomic E-state index is 10.1. The van der Waals surface area contributed by atoms with E-state index in [1.165, 1.54) is 5.56 Å². The van der Waals surface area contributed by atoms with Gasteiger partial charge in [-0.05, 0) is 30.9 Å². The second-order valence-corrected chi connectivity index (χ2v) is 4.52. The van der Waals surface area contributed by atoms with Gasteiger partial charge in [0, 0.05) is 5.56 Å². The summed E-state index contributed by atoms with van der Waals surface area (Å²) in [5.41, 5.74) is 2.73. The molecule has 0 radical (unpaired) electrons. The molecule has 2 aromatic rings. The van der Waals surface area contributed by atoms with Crippen molar-refractivity contribution in [1.82, 2.24) is 0 Å². The molecule has 0 saturated carbocycles. The summed E-state index contributed by atoms with van der Waals surface area (Å²) in [6.45, 7) is 1.66. The Morgan fingerprint density at radius 1 is 0.944 bits per heavy atom. The number of benzene rings is 2. The fourth-order valence-corrected chi connectivity index (χ4v) is 2.07. The zero-order valence-electron chi connectivity index (χ0n) is 10.5. The van der Waals surface area contributed by atoms with Crippen LogP contribution in [-0.4, -0.2) is 10.2 Å². The topological polar surface area (TPSA) is 40.5 Å². The molecule has 18 heavy (non-hydrogen) atoms. The average Bonchev–Trinajstić information content (AvgIpc) is 2.38. The van der Waals surface area contributed by atoms with E-state index in [2.05, 4.69) is 12.1 Å². The summed E-state index contributed by atoms with van der Waals surface area (Å²) in [5, 5.41) is 19.6. The van der Waals surface area contributed by atoms with Crippen LogP contribution in [-0.2, 0) is 12.8 Å². The summed E-state index contributed by atoms with van der Waals surface area (Å²) in [6.07, 6.45) is 1.02. The van der Waals surface area contributed by atoms with Gasteiger partial charge in [-0.3, -0.25) is 0 Å². The van der Waals surface area contributed by atoms with Crippen molar-refractivity contribution in [3.63, 3.8) is 0 Å². The zero-order valence-corrected chi connectivity index (χ0v) is 10.5. The van der Waals surface area contributed by atoms with E-state index in [4.69, 9.17) is 0 Å². The van der Waals surface area contributed by atoms with Crippen LogP contribution in [0.4, 0.5) is 0 Å². The fraction of sp³-hybridized carbons (Fsp3) is 0.250. The van der Waals surface area contributed by atoms with Crippen LogP contribution in [0.5, 0.6) is 5.75 Å². The SMILES string of the molecule is CC(O)c1cccc(CCc2ccccc2)c1O. The van der Waals surface area contributed by atoms with Gasteiger partial charge in [0.25, 0.3) is 0 Å². The van der Waals surface area contributed by atoms with E-state index in [1.54, 1.807) is 13.0 Å². The van der Waals surface area contributed by atoms with Crippen LogP contribution in [0.15, 0.2) is 48.5 Å². The molecule has 0 aliphatic heterocycles. The van der Waals surface area contributed by atoms with Gasteiger partial charge in [0.1, 0.15) is 5.75 Å². The molecule has 0 amide bonds. The van der Waals surface area contributed by atoms with Crippen LogP contribution in [0.3, 0.4) is 0 Å². The third-order valence-corrected chi connectivity index (χ3v) is 3.13. The van der Waals surface area contributed by atoms with Crippen LogP contribution in [0.2, 0.25) is 0 Å². The first kappa shape index (κ1) is 12.7. The standard InChI is InChI=1S/C16H18O2/c1-12(17)15-9-5-8-14(16(15)18)11-10-13-6-3-2-4-7-13/h2-9,12,17-18H,10-11H2,1H3. The van der Waals surface area contributed by atoms with E-state index in [1.807, 2.05) is 30.3 Å². The summed E-state index contributed by atoms with van der Waals surface area (Å²) in [6, 6.07) is 15.7. The summed E-state index contributed by atoms with van der Waals surface area (Å²) >= 11 is 0. The lowest BCUT2D eigenvalue weighted by molar-refractivity contribution is 0.194. The molecular formula is C16H18O2. The number of aromatic hydroxyl groups is 1. The van der Waals surface area contributed by atoms with Crippen molar-refractivity contribution < 1.29 is 10.2 Å². The highest BCUT2D eigenvalue weighted by Gasteiger charge is 2.10. The minimum atomic E-state index is -0.637. The number of aliphatic hydroxyl groups is 1. The highest BCUT2D eigenvalue weighted by molar-refractivity contribution is 5.41. The van der Waals surface area contributed by atoms with Crippen LogP contribution in [0, 0.1) is 0 Å². The third-order valence-electron chi connectivity index (χ3n) is 3.13. The highest BCUT2D eigenvalue weighted by atomic mass is 16.3. The number of hydrogen-bond donors (Lipinski definition) is 2. The van der Waals surface area contributed by atoms with Gasteiger partial charge < -0.3 is 10.2 Å². The van der Waals surface area contributed by atoms with Crippen molar-refractivity contribution in [2.24, 2.45) is 0 Å².